The van der Waals surface area contributed by atoms with E-state index in [2.05, 4.69) is 31.9 Å². The number of hydrogen-bond donors (Lipinski definition) is 2. The fourth-order valence-electron chi connectivity index (χ4n) is 1.40. The lowest BCUT2D eigenvalue weighted by molar-refractivity contribution is 0.200. The third-order valence-corrected chi connectivity index (χ3v) is 2.95. The molecule has 86 valence electrons. The molecule has 1 unspecified atom stereocenters. The highest BCUT2D eigenvalue weighted by molar-refractivity contribution is 6.69. The molecule has 0 saturated carbocycles. The molecule has 3 N–H and O–H groups in total. The van der Waals surface area contributed by atoms with Crippen LogP contribution in [0.15, 0.2) is 0 Å². The Morgan fingerprint density at radius 1 is 1.29 bits per heavy atom. The van der Waals surface area contributed by atoms with Crippen molar-refractivity contribution in [3.05, 3.63) is 0 Å². The zero-order chi connectivity index (χ0) is 11.0. The fourth-order valence-corrected chi connectivity index (χ4v) is 2.73. The topological polar surface area (TPSA) is 47.3 Å². The summed E-state index contributed by atoms with van der Waals surface area (Å²) in [6.07, 6.45) is 2.72. The van der Waals surface area contributed by atoms with Crippen LogP contribution in [-0.2, 0) is 4.43 Å². The van der Waals surface area contributed by atoms with E-state index in [0.29, 0.717) is 6.10 Å². The van der Waals surface area contributed by atoms with Crippen molar-refractivity contribution in [3.8, 4) is 0 Å². The van der Waals surface area contributed by atoms with E-state index in [0.717, 1.165) is 26.1 Å². The Bertz CT molecular complexity index is 137. The zero-order valence-corrected chi connectivity index (χ0v) is 11.1. The van der Waals surface area contributed by atoms with Crippen LogP contribution in [0.4, 0.5) is 0 Å². The first-order valence-electron chi connectivity index (χ1n) is 5.54. The second kappa shape index (κ2) is 7.40. The van der Waals surface area contributed by atoms with Gasteiger partial charge >= 0.3 is 0 Å². The number of nitrogens with one attached hydrogen (secondary N) is 1. The quantitative estimate of drug-likeness (QED) is 0.480. The van der Waals surface area contributed by atoms with Crippen LogP contribution >= 0.6 is 0 Å². The number of rotatable bonds is 8. The van der Waals surface area contributed by atoms with Crippen molar-refractivity contribution >= 4 is 8.32 Å². The summed E-state index contributed by atoms with van der Waals surface area (Å²) in [6.45, 7) is 11.6. The van der Waals surface area contributed by atoms with Crippen LogP contribution in [0.2, 0.25) is 19.6 Å². The van der Waals surface area contributed by atoms with Crippen molar-refractivity contribution < 1.29 is 4.43 Å². The average molecular weight is 218 g/mol. The molecule has 0 aromatic heterocycles. The molecule has 0 aromatic carbocycles. The molecule has 0 aromatic rings. The summed E-state index contributed by atoms with van der Waals surface area (Å²) >= 11 is 0. The fraction of sp³-hybridized carbons (Fsp3) is 1.00. The second-order valence-electron chi connectivity index (χ2n) is 4.72. The van der Waals surface area contributed by atoms with E-state index in [1.54, 1.807) is 0 Å². The maximum absolute atomic E-state index is 5.93. The summed E-state index contributed by atoms with van der Waals surface area (Å²) in [7, 11) is -1.34. The molecule has 0 amide bonds. The van der Waals surface area contributed by atoms with Gasteiger partial charge in [0.2, 0.25) is 0 Å². The van der Waals surface area contributed by atoms with Gasteiger partial charge in [-0.15, -0.1) is 0 Å². The Kier molecular flexibility index (Phi) is 7.45. The van der Waals surface area contributed by atoms with Gasteiger partial charge in [-0.25, -0.2) is 0 Å². The Morgan fingerprint density at radius 2 is 1.93 bits per heavy atom. The van der Waals surface area contributed by atoms with E-state index < -0.39 is 8.32 Å². The van der Waals surface area contributed by atoms with Crippen molar-refractivity contribution in [1.29, 1.82) is 0 Å². The van der Waals surface area contributed by atoms with Gasteiger partial charge < -0.3 is 15.5 Å². The van der Waals surface area contributed by atoms with Crippen molar-refractivity contribution in [1.82, 2.24) is 5.32 Å². The minimum absolute atomic E-state index is 0.404. The molecule has 4 heteroatoms. The van der Waals surface area contributed by atoms with Crippen LogP contribution in [0.5, 0.6) is 0 Å². The predicted octanol–water partition coefficient (Wildman–Crippen LogP) is 1.55. The molecule has 0 heterocycles. The van der Waals surface area contributed by atoms with Gasteiger partial charge in [0.05, 0.1) is 0 Å². The van der Waals surface area contributed by atoms with Crippen molar-refractivity contribution in [3.63, 3.8) is 0 Å². The monoisotopic (exact) mass is 218 g/mol. The molecule has 0 bridgehead atoms. The molecule has 3 nitrogen and oxygen atoms in total. The van der Waals surface area contributed by atoms with E-state index in [9.17, 15) is 0 Å². The molecular formula is C10H26N2OSi. The molecule has 0 aliphatic heterocycles. The van der Waals surface area contributed by atoms with E-state index in [1.165, 1.54) is 6.42 Å². The molecule has 1 atom stereocenters. The first-order valence-corrected chi connectivity index (χ1v) is 8.95. The maximum Gasteiger partial charge on any atom is 0.184 e. The first-order chi connectivity index (χ1) is 6.45. The third kappa shape index (κ3) is 10.2. The average Bonchev–Trinajstić information content (AvgIpc) is 2.00. The van der Waals surface area contributed by atoms with Gasteiger partial charge in [0.25, 0.3) is 0 Å². The number of nitrogens with two attached hydrogens (primary N) is 1. The Hall–Kier alpha value is 0.0969. The van der Waals surface area contributed by atoms with Crippen molar-refractivity contribution in [2.24, 2.45) is 5.73 Å². The zero-order valence-electron chi connectivity index (χ0n) is 10.1. The van der Waals surface area contributed by atoms with E-state index >= 15 is 0 Å². The SMILES string of the molecule is CC(CCCNCCN)O[Si](C)(C)C. The number of hydrogen-bond acceptors (Lipinski definition) is 3. The molecule has 0 aliphatic rings. The highest BCUT2D eigenvalue weighted by atomic mass is 28.4. The maximum atomic E-state index is 5.93. The van der Waals surface area contributed by atoms with Crippen LogP contribution in [0.25, 0.3) is 0 Å². The summed E-state index contributed by atoms with van der Waals surface area (Å²) in [5, 5.41) is 3.28. The third-order valence-electron chi connectivity index (χ3n) is 1.84. The largest absolute Gasteiger partial charge is 0.415 e. The molecular weight excluding hydrogens is 192 g/mol. The van der Waals surface area contributed by atoms with Gasteiger partial charge in [-0.3, -0.25) is 0 Å². The molecule has 0 rings (SSSR count). The van der Waals surface area contributed by atoms with Crippen LogP contribution in [0, 0.1) is 0 Å². The Labute approximate surface area is 89.5 Å². The molecule has 0 aliphatic carbocycles. The lowest BCUT2D eigenvalue weighted by Gasteiger charge is -2.23. The predicted molar refractivity (Wildman–Crippen MR) is 65.1 cm³/mol. The molecule has 0 radical (unpaired) electrons. The second-order valence-corrected chi connectivity index (χ2v) is 9.18. The standard InChI is InChI=1S/C10H26N2OSi/c1-10(13-14(2,3)4)6-5-8-12-9-7-11/h10,12H,5-9,11H2,1-4H3. The van der Waals surface area contributed by atoms with Crippen LogP contribution in [0.3, 0.4) is 0 Å². The van der Waals surface area contributed by atoms with Gasteiger partial charge in [-0.05, 0) is 46.0 Å². The summed E-state index contributed by atoms with van der Waals surface area (Å²) in [5.41, 5.74) is 5.37. The molecule has 0 saturated heterocycles. The van der Waals surface area contributed by atoms with Gasteiger partial charge in [-0.1, -0.05) is 0 Å². The first kappa shape index (κ1) is 14.1. The summed E-state index contributed by atoms with van der Waals surface area (Å²) in [4.78, 5) is 0. The van der Waals surface area contributed by atoms with E-state index in [1.807, 2.05) is 0 Å². The van der Waals surface area contributed by atoms with Crippen LogP contribution < -0.4 is 11.1 Å². The van der Waals surface area contributed by atoms with Gasteiger partial charge in [0.1, 0.15) is 0 Å². The molecule has 0 spiro atoms. The Morgan fingerprint density at radius 3 is 2.43 bits per heavy atom. The minimum Gasteiger partial charge on any atom is -0.415 e. The van der Waals surface area contributed by atoms with Gasteiger partial charge in [0.15, 0.2) is 8.32 Å². The summed E-state index contributed by atoms with van der Waals surface area (Å²) in [5.74, 6) is 0. The highest BCUT2D eigenvalue weighted by Gasteiger charge is 2.17. The van der Waals surface area contributed by atoms with Crippen molar-refractivity contribution in [2.75, 3.05) is 19.6 Å². The lowest BCUT2D eigenvalue weighted by Crippen LogP contribution is -2.31. The van der Waals surface area contributed by atoms with E-state index in [-0.39, 0.29) is 0 Å². The van der Waals surface area contributed by atoms with Crippen LogP contribution in [0.1, 0.15) is 19.8 Å². The smallest absolute Gasteiger partial charge is 0.184 e. The summed E-state index contributed by atoms with van der Waals surface area (Å²) in [6, 6.07) is 0. The lowest BCUT2D eigenvalue weighted by atomic mass is 10.2. The highest BCUT2D eigenvalue weighted by Crippen LogP contribution is 2.10. The minimum atomic E-state index is -1.34. The molecule has 0 fully saturated rings. The van der Waals surface area contributed by atoms with Gasteiger partial charge in [-0.2, -0.15) is 0 Å². The molecule has 14 heavy (non-hydrogen) atoms. The Balaban J connectivity index is 3.31. The van der Waals surface area contributed by atoms with E-state index in [4.69, 9.17) is 10.2 Å². The summed E-state index contributed by atoms with van der Waals surface area (Å²) < 4.78 is 5.93. The van der Waals surface area contributed by atoms with Gasteiger partial charge in [0, 0.05) is 19.2 Å². The normalized spacial score (nSPS) is 14.4. The van der Waals surface area contributed by atoms with Crippen LogP contribution in [-0.4, -0.2) is 34.1 Å². The van der Waals surface area contributed by atoms with Crippen molar-refractivity contribution in [2.45, 2.75) is 45.5 Å².